The van der Waals surface area contributed by atoms with E-state index in [9.17, 15) is 9.90 Å². The molecular formula is C8H16O2. The van der Waals surface area contributed by atoms with Gasteiger partial charge in [0.1, 0.15) is 6.29 Å². The molecule has 0 aromatic heterocycles. The van der Waals surface area contributed by atoms with E-state index in [0.29, 0.717) is 0 Å². The van der Waals surface area contributed by atoms with E-state index in [1.165, 1.54) is 0 Å². The lowest BCUT2D eigenvalue weighted by atomic mass is 9.98. The molecule has 0 saturated heterocycles. The summed E-state index contributed by atoms with van der Waals surface area (Å²) >= 11 is 0. The van der Waals surface area contributed by atoms with E-state index >= 15 is 0 Å². The normalized spacial score (nSPS) is 16.3. The number of rotatable bonds is 5. The maximum Gasteiger partial charge on any atom is 0.125 e. The molecule has 0 aromatic rings. The van der Waals surface area contributed by atoms with Crippen LogP contribution in [0.15, 0.2) is 0 Å². The van der Waals surface area contributed by atoms with Gasteiger partial charge in [-0.05, 0) is 12.8 Å². The van der Waals surface area contributed by atoms with Crippen molar-refractivity contribution in [1.82, 2.24) is 0 Å². The van der Waals surface area contributed by atoms with Crippen LogP contribution in [0.1, 0.15) is 33.1 Å². The van der Waals surface area contributed by atoms with Crippen LogP contribution in [-0.2, 0) is 4.79 Å². The van der Waals surface area contributed by atoms with Gasteiger partial charge in [0.15, 0.2) is 0 Å². The van der Waals surface area contributed by atoms with E-state index in [1.54, 1.807) is 0 Å². The highest BCUT2D eigenvalue weighted by atomic mass is 16.3. The Kier molecular flexibility index (Phi) is 5.22. The van der Waals surface area contributed by atoms with E-state index in [-0.39, 0.29) is 5.92 Å². The van der Waals surface area contributed by atoms with Crippen molar-refractivity contribution in [1.29, 1.82) is 0 Å². The molecule has 0 rings (SSSR count). The van der Waals surface area contributed by atoms with E-state index in [2.05, 4.69) is 0 Å². The Balaban J connectivity index is 3.63. The van der Waals surface area contributed by atoms with Gasteiger partial charge in [0.25, 0.3) is 0 Å². The lowest BCUT2D eigenvalue weighted by molar-refractivity contribution is -0.114. The molecule has 0 aliphatic carbocycles. The standard InChI is InChI=1S/C8H16O2/c1-3-5-8(10)7(4-2)6-9/h6-8,10H,3-5H2,1-2H3/t7-,8-/m1/s1. The van der Waals surface area contributed by atoms with E-state index in [1.807, 2.05) is 13.8 Å². The van der Waals surface area contributed by atoms with Gasteiger partial charge in [0, 0.05) is 5.92 Å². The summed E-state index contributed by atoms with van der Waals surface area (Å²) in [5, 5.41) is 9.28. The molecule has 10 heavy (non-hydrogen) atoms. The summed E-state index contributed by atoms with van der Waals surface area (Å²) in [6.45, 7) is 3.92. The Bertz CT molecular complexity index is 91.3. The fourth-order valence-electron chi connectivity index (χ4n) is 0.969. The lowest BCUT2D eigenvalue weighted by Gasteiger charge is -2.13. The lowest BCUT2D eigenvalue weighted by Crippen LogP contribution is -2.20. The molecule has 2 atom stereocenters. The third-order valence-corrected chi connectivity index (χ3v) is 1.72. The first kappa shape index (κ1) is 9.63. The highest BCUT2D eigenvalue weighted by molar-refractivity contribution is 5.54. The molecule has 2 nitrogen and oxygen atoms in total. The van der Waals surface area contributed by atoms with Gasteiger partial charge < -0.3 is 9.90 Å². The molecule has 0 bridgehead atoms. The molecule has 0 fully saturated rings. The molecule has 0 amide bonds. The molecule has 0 saturated carbocycles. The van der Waals surface area contributed by atoms with Crippen LogP contribution in [0, 0.1) is 5.92 Å². The van der Waals surface area contributed by atoms with Crippen molar-refractivity contribution in [2.24, 2.45) is 5.92 Å². The minimum atomic E-state index is -0.424. The van der Waals surface area contributed by atoms with Gasteiger partial charge in [-0.25, -0.2) is 0 Å². The molecule has 0 unspecified atom stereocenters. The van der Waals surface area contributed by atoms with Gasteiger partial charge in [-0.1, -0.05) is 20.3 Å². The Hall–Kier alpha value is -0.370. The molecule has 2 heteroatoms. The van der Waals surface area contributed by atoms with E-state index < -0.39 is 6.10 Å². The van der Waals surface area contributed by atoms with Crippen molar-refractivity contribution in [3.63, 3.8) is 0 Å². The van der Waals surface area contributed by atoms with Crippen molar-refractivity contribution in [3.05, 3.63) is 0 Å². The molecular weight excluding hydrogens is 128 g/mol. The highest BCUT2D eigenvalue weighted by Gasteiger charge is 2.14. The quantitative estimate of drug-likeness (QED) is 0.592. The van der Waals surface area contributed by atoms with Gasteiger partial charge >= 0.3 is 0 Å². The number of carbonyl (C=O) groups excluding carboxylic acids is 1. The second kappa shape index (κ2) is 5.42. The average Bonchev–Trinajstić information content (AvgIpc) is 1.91. The van der Waals surface area contributed by atoms with Crippen LogP contribution in [0.25, 0.3) is 0 Å². The minimum absolute atomic E-state index is 0.153. The predicted octanol–water partition coefficient (Wildman–Crippen LogP) is 1.37. The zero-order valence-corrected chi connectivity index (χ0v) is 6.71. The summed E-state index contributed by atoms with van der Waals surface area (Å²) in [4.78, 5) is 10.3. The van der Waals surface area contributed by atoms with Gasteiger partial charge in [-0.15, -0.1) is 0 Å². The minimum Gasteiger partial charge on any atom is -0.392 e. The predicted molar refractivity (Wildman–Crippen MR) is 40.8 cm³/mol. The molecule has 0 aliphatic heterocycles. The van der Waals surface area contributed by atoms with E-state index in [0.717, 1.165) is 25.5 Å². The maximum absolute atomic E-state index is 10.3. The van der Waals surface area contributed by atoms with E-state index in [4.69, 9.17) is 0 Å². The topological polar surface area (TPSA) is 37.3 Å². The molecule has 60 valence electrons. The number of aliphatic hydroxyl groups is 1. The summed E-state index contributed by atoms with van der Waals surface area (Å²) < 4.78 is 0. The number of carbonyl (C=O) groups is 1. The fraction of sp³-hybridized carbons (Fsp3) is 0.875. The van der Waals surface area contributed by atoms with Crippen LogP contribution in [0.3, 0.4) is 0 Å². The molecule has 0 heterocycles. The highest BCUT2D eigenvalue weighted by Crippen LogP contribution is 2.10. The third kappa shape index (κ3) is 2.97. The summed E-state index contributed by atoms with van der Waals surface area (Å²) in [5.41, 5.74) is 0. The third-order valence-electron chi connectivity index (χ3n) is 1.72. The first-order chi connectivity index (χ1) is 4.76. The van der Waals surface area contributed by atoms with Crippen LogP contribution in [0.5, 0.6) is 0 Å². The van der Waals surface area contributed by atoms with Crippen LogP contribution in [0.2, 0.25) is 0 Å². The van der Waals surface area contributed by atoms with Gasteiger partial charge in [-0.2, -0.15) is 0 Å². The van der Waals surface area contributed by atoms with Crippen LogP contribution >= 0.6 is 0 Å². The number of hydrogen-bond donors (Lipinski definition) is 1. The van der Waals surface area contributed by atoms with Crippen molar-refractivity contribution in [2.75, 3.05) is 0 Å². The first-order valence-electron chi connectivity index (χ1n) is 3.89. The zero-order chi connectivity index (χ0) is 7.98. The van der Waals surface area contributed by atoms with Crippen molar-refractivity contribution in [3.8, 4) is 0 Å². The summed E-state index contributed by atoms with van der Waals surface area (Å²) in [5.74, 6) is -0.153. The Morgan fingerprint density at radius 3 is 2.40 bits per heavy atom. The Labute approximate surface area is 62.2 Å². The smallest absolute Gasteiger partial charge is 0.125 e. The monoisotopic (exact) mass is 144 g/mol. The van der Waals surface area contributed by atoms with Gasteiger partial charge in [0.05, 0.1) is 6.10 Å². The van der Waals surface area contributed by atoms with Gasteiger partial charge in [-0.3, -0.25) is 0 Å². The van der Waals surface area contributed by atoms with Crippen molar-refractivity contribution < 1.29 is 9.90 Å². The van der Waals surface area contributed by atoms with Crippen LogP contribution in [0.4, 0.5) is 0 Å². The number of hydrogen-bond acceptors (Lipinski definition) is 2. The zero-order valence-electron chi connectivity index (χ0n) is 6.71. The van der Waals surface area contributed by atoms with Crippen molar-refractivity contribution >= 4 is 6.29 Å². The number of aliphatic hydroxyl groups excluding tert-OH is 1. The van der Waals surface area contributed by atoms with Crippen molar-refractivity contribution in [2.45, 2.75) is 39.2 Å². The molecule has 0 radical (unpaired) electrons. The maximum atomic E-state index is 10.3. The molecule has 1 N–H and O–H groups in total. The summed E-state index contributed by atoms with van der Waals surface area (Å²) in [7, 11) is 0. The fourth-order valence-corrected chi connectivity index (χ4v) is 0.969. The number of aldehydes is 1. The molecule has 0 spiro atoms. The van der Waals surface area contributed by atoms with Gasteiger partial charge in [0.2, 0.25) is 0 Å². The SMILES string of the molecule is CCC[C@@H](O)[C@@H](C=O)CC. The average molecular weight is 144 g/mol. The largest absolute Gasteiger partial charge is 0.392 e. The van der Waals surface area contributed by atoms with Crippen LogP contribution in [-0.4, -0.2) is 17.5 Å². The second-order valence-corrected chi connectivity index (χ2v) is 2.56. The summed E-state index contributed by atoms with van der Waals surface area (Å²) in [6.07, 6.45) is 2.83. The Morgan fingerprint density at radius 1 is 1.50 bits per heavy atom. The van der Waals surface area contributed by atoms with Crippen LogP contribution < -0.4 is 0 Å². The first-order valence-corrected chi connectivity index (χ1v) is 3.89. The molecule has 0 aromatic carbocycles. The summed E-state index contributed by atoms with van der Waals surface area (Å²) in [6, 6.07) is 0. The molecule has 0 aliphatic rings. The second-order valence-electron chi connectivity index (χ2n) is 2.56. The Morgan fingerprint density at radius 2 is 2.10 bits per heavy atom.